The van der Waals surface area contributed by atoms with Gasteiger partial charge in [0, 0.05) is 31.7 Å². The van der Waals surface area contributed by atoms with Crippen LogP contribution in [0.15, 0.2) is 0 Å². The zero-order valence-electron chi connectivity index (χ0n) is 14.1. The van der Waals surface area contributed by atoms with E-state index in [-0.39, 0.29) is 30.8 Å². The Bertz CT molecular complexity index is 412. The third kappa shape index (κ3) is 5.07. The number of methoxy groups -OCH3 is 1. The average molecular weight is 327 g/mol. The van der Waals surface area contributed by atoms with Crippen LogP contribution in [-0.4, -0.2) is 66.9 Å². The van der Waals surface area contributed by atoms with Gasteiger partial charge in [-0.15, -0.1) is 0 Å². The number of hydrogen-bond acceptors (Lipinski definition) is 4. The average Bonchev–Trinajstić information content (AvgIpc) is 2.93. The van der Waals surface area contributed by atoms with Gasteiger partial charge in [-0.1, -0.05) is 13.3 Å². The molecule has 2 aliphatic carbocycles. The van der Waals surface area contributed by atoms with Crippen molar-refractivity contribution in [2.24, 2.45) is 5.92 Å². The summed E-state index contributed by atoms with van der Waals surface area (Å²) in [6.45, 7) is 3.40. The maximum atomic E-state index is 12.0. The molecule has 0 aromatic heterocycles. The van der Waals surface area contributed by atoms with E-state index in [0.29, 0.717) is 12.5 Å². The third-order valence-electron chi connectivity index (χ3n) is 5.13. The lowest BCUT2D eigenvalue weighted by molar-refractivity contribution is -0.139. The van der Waals surface area contributed by atoms with E-state index in [1.54, 1.807) is 7.11 Å². The first-order chi connectivity index (χ1) is 11.0. The number of amides is 2. The number of rotatable bonds is 8. The summed E-state index contributed by atoms with van der Waals surface area (Å²) >= 11 is 0. The van der Waals surface area contributed by atoms with E-state index in [2.05, 4.69) is 10.6 Å². The molecule has 132 valence electrons. The van der Waals surface area contributed by atoms with Crippen molar-refractivity contribution in [3.8, 4) is 0 Å². The number of carboxylic acids is 1. The number of urea groups is 1. The summed E-state index contributed by atoms with van der Waals surface area (Å²) in [4.78, 5) is 24.7. The number of nitrogens with one attached hydrogen (secondary N) is 2. The van der Waals surface area contributed by atoms with Gasteiger partial charge in [-0.25, -0.2) is 4.79 Å². The summed E-state index contributed by atoms with van der Waals surface area (Å²) in [6, 6.07) is 0.273. The van der Waals surface area contributed by atoms with E-state index in [1.165, 1.54) is 0 Å². The number of hydrogen-bond donors (Lipinski definition) is 3. The molecule has 2 unspecified atom stereocenters. The Balaban J connectivity index is 1.63. The quantitative estimate of drug-likeness (QED) is 0.620. The highest BCUT2D eigenvalue weighted by Gasteiger charge is 2.35. The van der Waals surface area contributed by atoms with E-state index in [4.69, 9.17) is 9.84 Å². The molecule has 2 atom stereocenters. The van der Waals surface area contributed by atoms with Crippen molar-refractivity contribution in [3.63, 3.8) is 0 Å². The van der Waals surface area contributed by atoms with Crippen LogP contribution in [0.3, 0.4) is 0 Å². The lowest BCUT2D eigenvalue weighted by atomic mass is 9.85. The fraction of sp³-hybridized carbons (Fsp3) is 0.875. The van der Waals surface area contributed by atoms with Crippen LogP contribution in [0, 0.1) is 5.92 Å². The summed E-state index contributed by atoms with van der Waals surface area (Å²) in [7, 11) is 1.73. The van der Waals surface area contributed by atoms with Crippen molar-refractivity contribution in [2.45, 2.75) is 57.2 Å². The Morgan fingerprint density at radius 2 is 2.04 bits per heavy atom. The van der Waals surface area contributed by atoms with Crippen LogP contribution in [0.4, 0.5) is 4.79 Å². The number of likely N-dealkylation sites (N-methyl/N-ethyl adjacent to an activating group) is 1. The minimum absolute atomic E-state index is 0.0696. The zero-order valence-corrected chi connectivity index (χ0v) is 14.1. The maximum Gasteiger partial charge on any atom is 0.317 e. The molecule has 0 spiro atoms. The molecule has 2 aliphatic rings. The van der Waals surface area contributed by atoms with Crippen molar-refractivity contribution < 1.29 is 19.4 Å². The first-order valence-corrected chi connectivity index (χ1v) is 8.56. The molecule has 0 heterocycles. The molecule has 0 bridgehead atoms. The van der Waals surface area contributed by atoms with Crippen molar-refractivity contribution >= 4 is 12.0 Å². The lowest BCUT2D eigenvalue weighted by Gasteiger charge is -2.42. The van der Waals surface area contributed by atoms with Crippen LogP contribution in [0.2, 0.25) is 0 Å². The molecule has 2 rings (SSSR count). The van der Waals surface area contributed by atoms with Crippen LogP contribution in [0.25, 0.3) is 0 Å². The van der Waals surface area contributed by atoms with Crippen LogP contribution >= 0.6 is 0 Å². The van der Waals surface area contributed by atoms with Crippen molar-refractivity contribution in [3.05, 3.63) is 0 Å². The predicted octanol–water partition coefficient (Wildman–Crippen LogP) is 1.04. The van der Waals surface area contributed by atoms with Gasteiger partial charge >= 0.3 is 12.0 Å². The second kappa shape index (κ2) is 8.49. The fourth-order valence-electron chi connectivity index (χ4n) is 3.68. The van der Waals surface area contributed by atoms with Crippen LogP contribution in [0.1, 0.15) is 39.0 Å². The van der Waals surface area contributed by atoms with E-state index >= 15 is 0 Å². The summed E-state index contributed by atoms with van der Waals surface area (Å²) in [5, 5.41) is 14.8. The normalized spacial score (nSPS) is 30.0. The second-order valence-electron chi connectivity index (χ2n) is 6.60. The molecule has 7 heteroatoms. The zero-order chi connectivity index (χ0) is 16.8. The Labute approximate surface area is 137 Å². The van der Waals surface area contributed by atoms with Crippen LogP contribution in [0.5, 0.6) is 0 Å². The topological polar surface area (TPSA) is 90.9 Å². The molecule has 0 aliphatic heterocycles. The predicted molar refractivity (Wildman–Crippen MR) is 86.4 cm³/mol. The number of carbonyl (C=O) groups is 2. The van der Waals surface area contributed by atoms with Gasteiger partial charge < -0.3 is 20.5 Å². The van der Waals surface area contributed by atoms with Crippen molar-refractivity contribution in [1.82, 2.24) is 15.5 Å². The van der Waals surface area contributed by atoms with E-state index < -0.39 is 5.97 Å². The molecule has 2 amide bonds. The largest absolute Gasteiger partial charge is 0.480 e. The Morgan fingerprint density at radius 3 is 2.65 bits per heavy atom. The summed E-state index contributed by atoms with van der Waals surface area (Å²) < 4.78 is 5.43. The first kappa shape index (κ1) is 18.0. The maximum absolute atomic E-state index is 12.0. The molecule has 7 nitrogen and oxygen atoms in total. The molecule has 0 aromatic carbocycles. The molecule has 0 radical (unpaired) electrons. The monoisotopic (exact) mass is 327 g/mol. The number of nitrogens with zero attached hydrogens (tertiary/aromatic N) is 1. The second-order valence-corrected chi connectivity index (χ2v) is 6.60. The third-order valence-corrected chi connectivity index (χ3v) is 5.13. The van der Waals surface area contributed by atoms with E-state index in [0.717, 1.165) is 38.6 Å². The van der Waals surface area contributed by atoms with Crippen LogP contribution in [-0.2, 0) is 9.53 Å². The van der Waals surface area contributed by atoms with E-state index in [1.807, 2.05) is 11.8 Å². The summed E-state index contributed by atoms with van der Waals surface area (Å²) in [5.74, 6) is -0.392. The molecule has 23 heavy (non-hydrogen) atoms. The molecule has 0 aromatic rings. The van der Waals surface area contributed by atoms with Gasteiger partial charge in [0.05, 0.1) is 12.6 Å². The molecular weight excluding hydrogens is 298 g/mol. The van der Waals surface area contributed by atoms with Crippen molar-refractivity contribution in [1.29, 1.82) is 0 Å². The number of aliphatic carboxylic acids is 1. The Hall–Kier alpha value is -1.34. The SMILES string of the molecule is CCN(CC(=O)O)C1CC(NC(=O)NCC2CCCC2OC)C1. The highest BCUT2D eigenvalue weighted by atomic mass is 16.5. The van der Waals surface area contributed by atoms with Gasteiger partial charge in [-0.05, 0) is 32.2 Å². The highest BCUT2D eigenvalue weighted by molar-refractivity contribution is 5.74. The van der Waals surface area contributed by atoms with Gasteiger partial charge in [0.2, 0.25) is 0 Å². The summed E-state index contributed by atoms with van der Waals surface area (Å²) in [5.41, 5.74) is 0. The number of ether oxygens (including phenoxy) is 1. The molecule has 3 N–H and O–H groups in total. The lowest BCUT2D eigenvalue weighted by Crippen LogP contribution is -2.56. The molecule has 0 saturated heterocycles. The van der Waals surface area contributed by atoms with Gasteiger partial charge in [0.1, 0.15) is 0 Å². The summed E-state index contributed by atoms with van der Waals surface area (Å²) in [6.07, 6.45) is 5.23. The van der Waals surface area contributed by atoms with Gasteiger partial charge in [0.25, 0.3) is 0 Å². The Kier molecular flexibility index (Phi) is 6.65. The minimum Gasteiger partial charge on any atom is -0.480 e. The molecular formula is C16H29N3O4. The smallest absolute Gasteiger partial charge is 0.317 e. The van der Waals surface area contributed by atoms with Gasteiger partial charge in [-0.3, -0.25) is 9.69 Å². The van der Waals surface area contributed by atoms with Crippen LogP contribution < -0.4 is 10.6 Å². The number of carbonyl (C=O) groups excluding carboxylic acids is 1. The minimum atomic E-state index is -0.801. The molecule has 2 saturated carbocycles. The van der Waals surface area contributed by atoms with Crippen molar-refractivity contribution in [2.75, 3.05) is 26.7 Å². The fourth-order valence-corrected chi connectivity index (χ4v) is 3.68. The van der Waals surface area contributed by atoms with Gasteiger partial charge in [0.15, 0.2) is 0 Å². The first-order valence-electron chi connectivity index (χ1n) is 8.56. The standard InChI is InChI=1S/C16H29N3O4/c1-3-19(10-15(20)21)13-7-12(8-13)18-16(22)17-9-11-5-4-6-14(11)23-2/h11-14H,3-10H2,1-2H3,(H,20,21)(H2,17,18,22). The molecule has 2 fully saturated rings. The van der Waals surface area contributed by atoms with E-state index in [9.17, 15) is 9.59 Å². The van der Waals surface area contributed by atoms with Gasteiger partial charge in [-0.2, -0.15) is 0 Å². The highest BCUT2D eigenvalue weighted by Crippen LogP contribution is 2.27. The Morgan fingerprint density at radius 1 is 1.30 bits per heavy atom. The number of carboxylic acid groups (broad SMARTS) is 1.